The summed E-state index contributed by atoms with van der Waals surface area (Å²) in [6.45, 7) is 6.04. The summed E-state index contributed by atoms with van der Waals surface area (Å²) in [4.78, 5) is 30.8. The van der Waals surface area contributed by atoms with Crippen LogP contribution in [0.1, 0.15) is 31.5 Å². The van der Waals surface area contributed by atoms with Gasteiger partial charge in [-0.25, -0.2) is 4.98 Å². The fraction of sp³-hybridized carbons (Fsp3) is 0.450. The van der Waals surface area contributed by atoms with E-state index in [1.165, 1.54) is 0 Å². The molecule has 0 unspecified atom stereocenters. The summed E-state index contributed by atoms with van der Waals surface area (Å²) in [6.07, 6.45) is 3.03. The van der Waals surface area contributed by atoms with Gasteiger partial charge in [-0.15, -0.1) is 0 Å². The molecule has 0 bridgehead atoms. The summed E-state index contributed by atoms with van der Waals surface area (Å²) in [6, 6.07) is 7.24. The molecule has 0 atom stereocenters. The van der Waals surface area contributed by atoms with Gasteiger partial charge in [-0.3, -0.25) is 14.2 Å². The second kappa shape index (κ2) is 8.70. The molecule has 7 nitrogen and oxygen atoms in total. The number of carbonyl (C=O) groups excluding carboxylic acids is 1. The maximum absolute atomic E-state index is 12.5. The Hall–Kier alpha value is -2.83. The van der Waals surface area contributed by atoms with E-state index in [1.54, 1.807) is 27.9 Å². The topological polar surface area (TPSA) is 73.7 Å². The van der Waals surface area contributed by atoms with E-state index in [2.05, 4.69) is 11.9 Å². The Morgan fingerprint density at radius 2 is 1.85 bits per heavy atom. The quantitative estimate of drug-likeness (QED) is 0.744. The minimum atomic E-state index is -0.117. The third-order valence-corrected chi connectivity index (χ3v) is 4.54. The minimum absolute atomic E-state index is 0.00349. The molecule has 0 saturated heterocycles. The molecule has 7 heteroatoms. The Morgan fingerprint density at radius 1 is 1.15 bits per heavy atom. The molecule has 1 aromatic heterocycles. The summed E-state index contributed by atoms with van der Waals surface area (Å²) < 4.78 is 12.7. The monoisotopic (exact) mass is 371 g/mol. The lowest BCUT2D eigenvalue weighted by atomic mass is 10.1. The molecule has 0 aliphatic carbocycles. The summed E-state index contributed by atoms with van der Waals surface area (Å²) in [5.74, 6) is 1.29. The van der Waals surface area contributed by atoms with Crippen LogP contribution in [0.25, 0.3) is 0 Å². The van der Waals surface area contributed by atoms with E-state index in [0.717, 1.165) is 12.2 Å². The molecule has 144 valence electrons. The fourth-order valence-electron chi connectivity index (χ4n) is 2.99. The normalized spacial score (nSPS) is 13.2. The van der Waals surface area contributed by atoms with E-state index < -0.39 is 0 Å². The number of nitrogens with zero attached hydrogens (tertiary/aromatic N) is 3. The van der Waals surface area contributed by atoms with Crippen LogP contribution in [0.2, 0.25) is 0 Å². The molecule has 0 saturated carbocycles. The van der Waals surface area contributed by atoms with Gasteiger partial charge in [-0.2, -0.15) is 0 Å². The van der Waals surface area contributed by atoms with E-state index in [1.807, 2.05) is 19.1 Å². The second-order valence-electron chi connectivity index (χ2n) is 6.43. The molecule has 0 N–H and O–H groups in total. The Labute approximate surface area is 158 Å². The van der Waals surface area contributed by atoms with E-state index in [4.69, 9.17) is 9.47 Å². The molecular weight excluding hydrogens is 346 g/mol. The minimum Gasteiger partial charge on any atom is -0.494 e. The molecule has 1 aromatic carbocycles. The molecule has 1 aliphatic rings. The summed E-state index contributed by atoms with van der Waals surface area (Å²) in [7, 11) is 0. The van der Waals surface area contributed by atoms with Crippen molar-refractivity contribution in [2.24, 2.45) is 0 Å². The standard InChI is InChI=1S/C20H25N3O4/c1-3-11-26-15-5-7-16(8-6-15)27-13-19(24)23-10-9-17-18(12-23)21-14-22(4-2)20(17)25/h5-8,14H,3-4,9-13H2,1-2H3. The van der Waals surface area contributed by atoms with Crippen LogP contribution in [0.5, 0.6) is 11.5 Å². The molecule has 0 radical (unpaired) electrons. The number of aromatic nitrogens is 2. The van der Waals surface area contributed by atoms with Crippen molar-refractivity contribution in [3.8, 4) is 11.5 Å². The van der Waals surface area contributed by atoms with Crippen molar-refractivity contribution < 1.29 is 14.3 Å². The highest BCUT2D eigenvalue weighted by Gasteiger charge is 2.24. The third kappa shape index (κ3) is 4.48. The first-order valence-electron chi connectivity index (χ1n) is 9.33. The zero-order chi connectivity index (χ0) is 19.2. The van der Waals surface area contributed by atoms with Crippen LogP contribution in [0.3, 0.4) is 0 Å². The molecule has 2 heterocycles. The SMILES string of the molecule is CCCOc1ccc(OCC(=O)N2CCc3c(ncn(CC)c3=O)C2)cc1. The molecular formula is C20H25N3O4. The summed E-state index contributed by atoms with van der Waals surface area (Å²) in [5.41, 5.74) is 1.39. The average molecular weight is 371 g/mol. The van der Waals surface area contributed by atoms with Gasteiger partial charge >= 0.3 is 0 Å². The van der Waals surface area contributed by atoms with Gasteiger partial charge in [0, 0.05) is 18.7 Å². The molecule has 0 spiro atoms. The number of amides is 1. The number of fused-ring (bicyclic) bond motifs is 1. The van der Waals surface area contributed by atoms with Crippen molar-refractivity contribution in [1.82, 2.24) is 14.5 Å². The van der Waals surface area contributed by atoms with Crippen molar-refractivity contribution in [1.29, 1.82) is 0 Å². The lowest BCUT2D eigenvalue weighted by Crippen LogP contribution is -2.42. The van der Waals surface area contributed by atoms with Crippen LogP contribution in [0, 0.1) is 0 Å². The van der Waals surface area contributed by atoms with Gasteiger partial charge in [0.15, 0.2) is 6.61 Å². The Kier molecular flexibility index (Phi) is 6.11. The number of aryl methyl sites for hydroxylation is 1. The predicted octanol–water partition coefficient (Wildman–Crippen LogP) is 2.02. The Balaban J connectivity index is 1.56. The molecule has 1 aliphatic heterocycles. The van der Waals surface area contributed by atoms with Crippen molar-refractivity contribution in [2.45, 2.75) is 39.8 Å². The summed E-state index contributed by atoms with van der Waals surface area (Å²) >= 11 is 0. The average Bonchev–Trinajstić information content (AvgIpc) is 2.71. The van der Waals surface area contributed by atoms with E-state index in [9.17, 15) is 9.59 Å². The number of benzene rings is 1. The first kappa shape index (κ1) is 18.9. The largest absolute Gasteiger partial charge is 0.494 e. The highest BCUT2D eigenvalue weighted by atomic mass is 16.5. The highest BCUT2D eigenvalue weighted by Crippen LogP contribution is 2.18. The lowest BCUT2D eigenvalue weighted by Gasteiger charge is -2.28. The number of ether oxygens (including phenoxy) is 2. The van der Waals surface area contributed by atoms with Crippen LogP contribution in [-0.2, 0) is 24.3 Å². The van der Waals surface area contributed by atoms with Crippen LogP contribution in [0.15, 0.2) is 35.4 Å². The maximum atomic E-state index is 12.5. The first-order chi connectivity index (χ1) is 13.1. The van der Waals surface area contributed by atoms with Crippen LogP contribution in [-0.4, -0.2) is 40.1 Å². The van der Waals surface area contributed by atoms with Gasteiger partial charge in [0.05, 0.1) is 25.2 Å². The first-order valence-corrected chi connectivity index (χ1v) is 9.33. The lowest BCUT2D eigenvalue weighted by molar-refractivity contribution is -0.134. The van der Waals surface area contributed by atoms with E-state index in [0.29, 0.717) is 49.7 Å². The number of rotatable bonds is 7. The van der Waals surface area contributed by atoms with E-state index in [-0.39, 0.29) is 18.1 Å². The smallest absolute Gasteiger partial charge is 0.260 e. The summed E-state index contributed by atoms with van der Waals surface area (Å²) in [5, 5.41) is 0. The van der Waals surface area contributed by atoms with Gasteiger partial charge < -0.3 is 14.4 Å². The van der Waals surface area contributed by atoms with Crippen molar-refractivity contribution in [3.63, 3.8) is 0 Å². The van der Waals surface area contributed by atoms with Crippen molar-refractivity contribution in [3.05, 3.63) is 52.2 Å². The van der Waals surface area contributed by atoms with Crippen molar-refractivity contribution in [2.75, 3.05) is 19.8 Å². The van der Waals surface area contributed by atoms with Gasteiger partial charge in [-0.1, -0.05) is 6.92 Å². The molecule has 1 amide bonds. The van der Waals surface area contributed by atoms with Crippen LogP contribution < -0.4 is 15.0 Å². The second-order valence-corrected chi connectivity index (χ2v) is 6.43. The van der Waals surface area contributed by atoms with Crippen molar-refractivity contribution >= 4 is 5.91 Å². The van der Waals surface area contributed by atoms with E-state index >= 15 is 0 Å². The Bertz CT molecular complexity index is 845. The van der Waals surface area contributed by atoms with Gasteiger partial charge in [0.1, 0.15) is 11.5 Å². The number of hydrogen-bond donors (Lipinski definition) is 0. The third-order valence-electron chi connectivity index (χ3n) is 4.54. The zero-order valence-electron chi connectivity index (χ0n) is 15.8. The number of hydrogen-bond acceptors (Lipinski definition) is 5. The Morgan fingerprint density at radius 3 is 2.52 bits per heavy atom. The van der Waals surface area contributed by atoms with Crippen LogP contribution >= 0.6 is 0 Å². The predicted molar refractivity (Wildman–Crippen MR) is 101 cm³/mol. The zero-order valence-corrected chi connectivity index (χ0v) is 15.8. The van der Waals surface area contributed by atoms with Gasteiger partial charge in [0.25, 0.3) is 11.5 Å². The van der Waals surface area contributed by atoms with Gasteiger partial charge in [0.2, 0.25) is 0 Å². The fourth-order valence-corrected chi connectivity index (χ4v) is 2.99. The molecule has 0 fully saturated rings. The molecule has 2 aromatic rings. The molecule has 27 heavy (non-hydrogen) atoms. The van der Waals surface area contributed by atoms with Crippen LogP contribution in [0.4, 0.5) is 0 Å². The molecule has 3 rings (SSSR count). The number of carbonyl (C=O) groups is 1. The highest BCUT2D eigenvalue weighted by molar-refractivity contribution is 5.78. The van der Waals surface area contributed by atoms with Gasteiger partial charge in [-0.05, 0) is 44.0 Å². The maximum Gasteiger partial charge on any atom is 0.260 e.